The molecule has 2 heterocycles. The van der Waals surface area contributed by atoms with Gasteiger partial charge in [0.25, 0.3) is 0 Å². The van der Waals surface area contributed by atoms with Gasteiger partial charge in [0.2, 0.25) is 0 Å². The molecule has 1 aliphatic rings. The van der Waals surface area contributed by atoms with Crippen LogP contribution in [0.4, 0.5) is 0 Å². The fourth-order valence-electron chi connectivity index (χ4n) is 3.89. The number of guanidine groups is 1. The first kappa shape index (κ1) is 22.6. The van der Waals surface area contributed by atoms with Crippen LogP contribution in [0, 0.1) is 13.8 Å². The molecule has 30 heavy (non-hydrogen) atoms. The van der Waals surface area contributed by atoms with Crippen LogP contribution in [-0.2, 0) is 16.6 Å². The minimum absolute atomic E-state index is 0.0790. The highest BCUT2D eigenvalue weighted by Crippen LogP contribution is 2.40. The Morgan fingerprint density at radius 1 is 1.27 bits per heavy atom. The number of aromatic nitrogens is 1. The van der Waals surface area contributed by atoms with E-state index in [2.05, 4.69) is 54.6 Å². The third kappa shape index (κ3) is 5.73. The summed E-state index contributed by atoms with van der Waals surface area (Å²) in [6.07, 6.45) is 4.71. The fourth-order valence-corrected chi connectivity index (χ4v) is 4.67. The average molecular weight is 431 g/mol. The van der Waals surface area contributed by atoms with Crippen molar-refractivity contribution in [3.8, 4) is 5.75 Å². The predicted molar refractivity (Wildman–Crippen MR) is 124 cm³/mol. The van der Waals surface area contributed by atoms with Crippen molar-refractivity contribution < 1.29 is 9.47 Å². The van der Waals surface area contributed by atoms with Gasteiger partial charge in [-0.1, -0.05) is 17.7 Å². The summed E-state index contributed by atoms with van der Waals surface area (Å²) >= 11 is 1.75. The van der Waals surface area contributed by atoms with Gasteiger partial charge >= 0.3 is 0 Å². The van der Waals surface area contributed by atoms with E-state index in [4.69, 9.17) is 14.5 Å². The summed E-state index contributed by atoms with van der Waals surface area (Å²) in [5.41, 5.74) is 2.40. The Hall–Kier alpha value is -2.12. The molecule has 1 fully saturated rings. The molecule has 164 valence electrons. The Bertz CT molecular complexity index is 843. The number of rotatable bonds is 8. The number of aliphatic imine (C=N–C) groups is 1. The first-order valence-corrected chi connectivity index (χ1v) is 11.5. The predicted octanol–water partition coefficient (Wildman–Crippen LogP) is 3.61. The molecular weight excluding hydrogens is 396 g/mol. The zero-order valence-corrected chi connectivity index (χ0v) is 19.4. The zero-order chi connectivity index (χ0) is 21.4. The van der Waals surface area contributed by atoms with E-state index >= 15 is 0 Å². The van der Waals surface area contributed by atoms with Gasteiger partial charge < -0.3 is 20.1 Å². The number of thiazole rings is 1. The summed E-state index contributed by atoms with van der Waals surface area (Å²) in [6, 6.07) is 6.43. The van der Waals surface area contributed by atoms with Crippen molar-refractivity contribution in [2.24, 2.45) is 4.99 Å². The van der Waals surface area contributed by atoms with Crippen LogP contribution in [0.1, 0.15) is 40.8 Å². The van der Waals surface area contributed by atoms with E-state index in [1.54, 1.807) is 18.4 Å². The Labute approximate surface area is 184 Å². The zero-order valence-electron chi connectivity index (χ0n) is 18.6. The molecule has 1 aromatic heterocycles. The van der Waals surface area contributed by atoms with E-state index in [0.29, 0.717) is 6.54 Å². The summed E-state index contributed by atoms with van der Waals surface area (Å²) in [5, 5.41) is 8.01. The molecule has 0 unspecified atom stereocenters. The lowest BCUT2D eigenvalue weighted by molar-refractivity contribution is 0.0522. The smallest absolute Gasteiger partial charge is 0.191 e. The Morgan fingerprint density at radius 3 is 2.73 bits per heavy atom. The van der Waals surface area contributed by atoms with Crippen LogP contribution >= 0.6 is 11.3 Å². The Morgan fingerprint density at radius 2 is 2.07 bits per heavy atom. The molecular formula is C23H34N4O2S. The second-order valence-corrected chi connectivity index (χ2v) is 9.15. The van der Waals surface area contributed by atoms with E-state index < -0.39 is 0 Å². The van der Waals surface area contributed by atoms with E-state index in [-0.39, 0.29) is 5.41 Å². The van der Waals surface area contributed by atoms with Crippen molar-refractivity contribution in [1.29, 1.82) is 0 Å². The minimum Gasteiger partial charge on any atom is -0.496 e. The Kier molecular flexibility index (Phi) is 8.10. The molecule has 3 rings (SSSR count). The molecule has 0 atom stereocenters. The Balaban J connectivity index is 1.76. The number of benzene rings is 1. The van der Waals surface area contributed by atoms with Gasteiger partial charge in [0.05, 0.1) is 18.7 Å². The number of methoxy groups -OCH3 is 1. The maximum Gasteiger partial charge on any atom is 0.191 e. The highest BCUT2D eigenvalue weighted by Gasteiger charge is 2.37. The summed E-state index contributed by atoms with van der Waals surface area (Å²) in [7, 11) is 1.75. The van der Waals surface area contributed by atoms with Crippen molar-refractivity contribution >= 4 is 17.3 Å². The normalized spacial score (nSPS) is 16.3. The standard InChI is InChI=1S/C23H34N4O2S/c1-5-24-22(25-11-8-21-26-15-18(3)30-21)27-16-23(9-12-29-13-10-23)19-14-17(2)6-7-20(19)28-4/h6-7,14-15H,5,8-13,16H2,1-4H3,(H2,24,25,27). The van der Waals surface area contributed by atoms with Gasteiger partial charge in [0.15, 0.2) is 5.96 Å². The number of hydrogen-bond acceptors (Lipinski definition) is 5. The summed E-state index contributed by atoms with van der Waals surface area (Å²) in [4.78, 5) is 10.7. The van der Waals surface area contributed by atoms with Crippen molar-refractivity contribution in [2.75, 3.05) is 40.0 Å². The number of ether oxygens (including phenoxy) is 2. The lowest BCUT2D eigenvalue weighted by Gasteiger charge is -2.37. The van der Waals surface area contributed by atoms with Gasteiger partial charge in [0.1, 0.15) is 5.75 Å². The molecule has 0 spiro atoms. The summed E-state index contributed by atoms with van der Waals surface area (Å²) in [5.74, 6) is 1.79. The molecule has 1 saturated heterocycles. The second kappa shape index (κ2) is 10.8. The maximum absolute atomic E-state index is 5.72. The third-order valence-electron chi connectivity index (χ3n) is 5.56. The SMILES string of the molecule is CCNC(=NCC1(c2cc(C)ccc2OC)CCOCC1)NCCc1ncc(C)s1. The van der Waals surface area contributed by atoms with E-state index in [1.165, 1.54) is 16.0 Å². The lowest BCUT2D eigenvalue weighted by atomic mass is 9.73. The topological polar surface area (TPSA) is 67.8 Å². The van der Waals surface area contributed by atoms with Gasteiger partial charge in [-0.25, -0.2) is 4.98 Å². The molecule has 2 aromatic rings. The minimum atomic E-state index is -0.0790. The lowest BCUT2D eigenvalue weighted by Crippen LogP contribution is -2.42. The number of nitrogens with zero attached hydrogens (tertiary/aromatic N) is 2. The highest BCUT2D eigenvalue weighted by molar-refractivity contribution is 7.11. The van der Waals surface area contributed by atoms with Crippen molar-refractivity contribution in [3.05, 3.63) is 45.4 Å². The number of hydrogen-bond donors (Lipinski definition) is 2. The molecule has 6 nitrogen and oxygen atoms in total. The van der Waals surface area contributed by atoms with Crippen LogP contribution in [0.25, 0.3) is 0 Å². The summed E-state index contributed by atoms with van der Waals surface area (Å²) < 4.78 is 11.4. The number of aryl methyl sites for hydroxylation is 2. The van der Waals surface area contributed by atoms with Crippen LogP contribution in [0.3, 0.4) is 0 Å². The fraction of sp³-hybridized carbons (Fsp3) is 0.565. The second-order valence-electron chi connectivity index (χ2n) is 7.83. The molecule has 0 aliphatic carbocycles. The van der Waals surface area contributed by atoms with E-state index in [1.807, 2.05) is 6.20 Å². The monoisotopic (exact) mass is 430 g/mol. The average Bonchev–Trinajstić information content (AvgIpc) is 3.17. The first-order valence-electron chi connectivity index (χ1n) is 10.7. The van der Waals surface area contributed by atoms with Crippen molar-refractivity contribution in [1.82, 2.24) is 15.6 Å². The van der Waals surface area contributed by atoms with Gasteiger partial charge in [-0.3, -0.25) is 4.99 Å². The maximum atomic E-state index is 5.72. The van der Waals surface area contributed by atoms with Crippen LogP contribution < -0.4 is 15.4 Å². The number of nitrogens with one attached hydrogen (secondary N) is 2. The van der Waals surface area contributed by atoms with Crippen LogP contribution in [0.15, 0.2) is 29.4 Å². The van der Waals surface area contributed by atoms with Crippen LogP contribution in [-0.4, -0.2) is 50.9 Å². The summed E-state index contributed by atoms with van der Waals surface area (Å²) in [6.45, 7) is 10.1. The van der Waals surface area contributed by atoms with Crippen molar-refractivity contribution in [2.45, 2.75) is 45.4 Å². The highest BCUT2D eigenvalue weighted by atomic mass is 32.1. The molecule has 1 aromatic carbocycles. The van der Waals surface area contributed by atoms with Gasteiger partial charge in [-0.2, -0.15) is 0 Å². The molecule has 1 aliphatic heterocycles. The molecule has 0 amide bonds. The third-order valence-corrected chi connectivity index (χ3v) is 6.53. The first-order chi connectivity index (χ1) is 14.6. The molecule has 7 heteroatoms. The quantitative estimate of drug-likeness (QED) is 0.495. The molecule has 0 radical (unpaired) electrons. The molecule has 2 N–H and O–H groups in total. The largest absolute Gasteiger partial charge is 0.496 e. The van der Waals surface area contributed by atoms with Gasteiger partial charge in [0, 0.05) is 54.8 Å². The molecule has 0 bridgehead atoms. The van der Waals surface area contributed by atoms with Gasteiger partial charge in [-0.05, 0) is 39.7 Å². The van der Waals surface area contributed by atoms with Crippen LogP contribution in [0.5, 0.6) is 5.75 Å². The van der Waals surface area contributed by atoms with E-state index in [9.17, 15) is 0 Å². The van der Waals surface area contributed by atoms with E-state index in [0.717, 1.165) is 62.3 Å². The molecule has 0 saturated carbocycles. The van der Waals surface area contributed by atoms with Crippen molar-refractivity contribution in [3.63, 3.8) is 0 Å². The van der Waals surface area contributed by atoms with Crippen LogP contribution in [0.2, 0.25) is 0 Å². The van der Waals surface area contributed by atoms with Gasteiger partial charge in [-0.15, -0.1) is 11.3 Å².